The minimum atomic E-state index is -3.02. The summed E-state index contributed by atoms with van der Waals surface area (Å²) >= 11 is 0. The standard InChI is InChI=1S/C7H9O2P.Mg.2H/c1-10(8,9)7-5-3-2-4-6-7;;;/h2-6H,1H3,(H,8,9);;;. The van der Waals surface area contributed by atoms with Crippen molar-refractivity contribution >= 4 is 35.7 Å². The lowest BCUT2D eigenvalue weighted by Gasteiger charge is -2.02. The summed E-state index contributed by atoms with van der Waals surface area (Å²) in [6.07, 6.45) is 0. The number of hydrogen-bond acceptors (Lipinski definition) is 1. The van der Waals surface area contributed by atoms with Gasteiger partial charge in [-0.05, 0) is 12.1 Å². The zero-order valence-electron chi connectivity index (χ0n) is 5.69. The maximum absolute atomic E-state index is 11.0. The van der Waals surface area contributed by atoms with E-state index in [4.69, 9.17) is 4.89 Å². The summed E-state index contributed by atoms with van der Waals surface area (Å²) in [5, 5.41) is 0.509. The van der Waals surface area contributed by atoms with Crippen LogP contribution in [-0.4, -0.2) is 34.6 Å². The van der Waals surface area contributed by atoms with Gasteiger partial charge >= 0.3 is 23.1 Å². The average molecular weight is 182 g/mol. The van der Waals surface area contributed by atoms with Crippen LogP contribution in [0.1, 0.15) is 0 Å². The summed E-state index contributed by atoms with van der Waals surface area (Å²) in [4.78, 5) is 9.04. The van der Waals surface area contributed by atoms with E-state index in [0.29, 0.717) is 5.30 Å². The first kappa shape index (κ1) is 11.2. The van der Waals surface area contributed by atoms with Gasteiger partial charge in [0.2, 0.25) is 7.37 Å². The lowest BCUT2D eigenvalue weighted by molar-refractivity contribution is 0.496. The van der Waals surface area contributed by atoms with Crippen molar-refractivity contribution in [3.05, 3.63) is 30.3 Å². The normalized spacial score (nSPS) is 14.7. The Hall–Kier alpha value is 0.176. The summed E-state index contributed by atoms with van der Waals surface area (Å²) in [5.74, 6) is 0. The molecule has 1 N–H and O–H groups in total. The van der Waals surface area contributed by atoms with Crippen LogP contribution in [0.3, 0.4) is 0 Å². The van der Waals surface area contributed by atoms with Gasteiger partial charge in [-0.25, -0.2) is 0 Å². The molecule has 1 unspecified atom stereocenters. The van der Waals surface area contributed by atoms with Crippen LogP contribution in [0, 0.1) is 0 Å². The minimum absolute atomic E-state index is 0. The van der Waals surface area contributed by atoms with Gasteiger partial charge in [-0.15, -0.1) is 0 Å². The predicted molar refractivity (Wildman–Crippen MR) is 50.4 cm³/mol. The van der Waals surface area contributed by atoms with Crippen molar-refractivity contribution in [1.29, 1.82) is 0 Å². The van der Waals surface area contributed by atoms with Crippen molar-refractivity contribution in [1.82, 2.24) is 0 Å². The molecule has 0 aliphatic rings. The molecule has 58 valence electrons. The van der Waals surface area contributed by atoms with Crippen LogP contribution in [0.2, 0.25) is 0 Å². The molecule has 0 bridgehead atoms. The monoisotopic (exact) mass is 182 g/mol. The van der Waals surface area contributed by atoms with E-state index in [0.717, 1.165) is 0 Å². The largest absolute Gasteiger partial charge is 0.341 e. The molecule has 0 aliphatic carbocycles. The Kier molecular flexibility index (Phi) is 4.33. The fourth-order valence-corrected chi connectivity index (χ4v) is 1.43. The van der Waals surface area contributed by atoms with Crippen molar-refractivity contribution in [3.8, 4) is 0 Å². The van der Waals surface area contributed by atoms with E-state index in [9.17, 15) is 4.57 Å². The molecule has 0 fully saturated rings. The molecule has 0 saturated heterocycles. The Labute approximate surface area is 82.2 Å². The number of benzene rings is 1. The highest BCUT2D eigenvalue weighted by molar-refractivity contribution is 7.65. The zero-order valence-corrected chi connectivity index (χ0v) is 6.58. The Morgan fingerprint density at radius 1 is 1.27 bits per heavy atom. The van der Waals surface area contributed by atoms with Gasteiger partial charge in [-0.1, -0.05) is 18.2 Å². The van der Waals surface area contributed by atoms with Crippen LogP contribution in [-0.2, 0) is 4.57 Å². The van der Waals surface area contributed by atoms with E-state index in [-0.39, 0.29) is 23.1 Å². The van der Waals surface area contributed by atoms with Crippen molar-refractivity contribution in [2.24, 2.45) is 0 Å². The van der Waals surface area contributed by atoms with Crippen molar-refractivity contribution in [3.63, 3.8) is 0 Å². The highest BCUT2D eigenvalue weighted by atomic mass is 31.2. The van der Waals surface area contributed by atoms with Gasteiger partial charge < -0.3 is 4.89 Å². The van der Waals surface area contributed by atoms with Gasteiger partial charge in [0, 0.05) is 12.0 Å². The van der Waals surface area contributed by atoms with Crippen LogP contribution >= 0.6 is 7.37 Å². The molecular weight excluding hydrogens is 171 g/mol. The van der Waals surface area contributed by atoms with Crippen LogP contribution in [0.15, 0.2) is 30.3 Å². The topological polar surface area (TPSA) is 37.3 Å². The molecule has 0 radical (unpaired) electrons. The van der Waals surface area contributed by atoms with Crippen LogP contribution in [0.5, 0.6) is 0 Å². The molecule has 11 heavy (non-hydrogen) atoms. The Morgan fingerprint density at radius 2 is 1.73 bits per heavy atom. The highest BCUT2D eigenvalue weighted by Gasteiger charge is 2.10. The maximum atomic E-state index is 11.0. The van der Waals surface area contributed by atoms with Crippen molar-refractivity contribution < 1.29 is 9.46 Å². The summed E-state index contributed by atoms with van der Waals surface area (Å²) in [5.41, 5.74) is 0. The molecule has 4 heteroatoms. The Morgan fingerprint density at radius 3 is 2.00 bits per heavy atom. The Balaban J connectivity index is 0.000001000. The SMILES string of the molecule is CP(=O)(O)c1ccccc1.[MgH2]. The van der Waals surface area contributed by atoms with Crippen molar-refractivity contribution in [2.45, 2.75) is 0 Å². The molecule has 1 rings (SSSR count). The third kappa shape index (κ3) is 3.39. The molecule has 0 amide bonds. The van der Waals surface area contributed by atoms with Gasteiger partial charge in [0.15, 0.2) is 0 Å². The molecule has 0 heterocycles. The fraction of sp³-hybridized carbons (Fsp3) is 0.143. The molecule has 1 aromatic carbocycles. The van der Waals surface area contributed by atoms with Gasteiger partial charge in [0.05, 0.1) is 0 Å². The molecule has 0 spiro atoms. The van der Waals surface area contributed by atoms with Crippen LogP contribution in [0.25, 0.3) is 0 Å². The second kappa shape index (κ2) is 4.26. The minimum Gasteiger partial charge on any atom is -0.341 e. The van der Waals surface area contributed by atoms with E-state index in [1.165, 1.54) is 6.66 Å². The lowest BCUT2D eigenvalue weighted by Crippen LogP contribution is -2.00. The van der Waals surface area contributed by atoms with E-state index in [2.05, 4.69) is 0 Å². The van der Waals surface area contributed by atoms with Gasteiger partial charge in [-0.2, -0.15) is 0 Å². The highest BCUT2D eigenvalue weighted by Crippen LogP contribution is 2.33. The second-order valence-corrected chi connectivity index (χ2v) is 4.49. The van der Waals surface area contributed by atoms with Crippen LogP contribution in [0.4, 0.5) is 0 Å². The van der Waals surface area contributed by atoms with Gasteiger partial charge in [0.25, 0.3) is 0 Å². The molecule has 1 atom stereocenters. The van der Waals surface area contributed by atoms with E-state index in [1.54, 1.807) is 24.3 Å². The predicted octanol–water partition coefficient (Wildman–Crippen LogP) is 0.296. The van der Waals surface area contributed by atoms with Gasteiger partial charge in [0.1, 0.15) is 0 Å². The van der Waals surface area contributed by atoms with E-state index in [1.807, 2.05) is 6.07 Å². The third-order valence-electron chi connectivity index (χ3n) is 1.24. The molecule has 0 saturated carbocycles. The average Bonchev–Trinajstić information content (AvgIpc) is 1.88. The summed E-state index contributed by atoms with van der Waals surface area (Å²) in [6.45, 7) is 1.34. The molecular formula is C7H11MgO2P. The number of hydrogen-bond donors (Lipinski definition) is 1. The summed E-state index contributed by atoms with van der Waals surface area (Å²) < 4.78 is 11.0. The smallest absolute Gasteiger partial charge is 0.316 e. The molecule has 0 aliphatic heterocycles. The zero-order chi connectivity index (χ0) is 7.61. The van der Waals surface area contributed by atoms with Crippen LogP contribution < -0.4 is 5.30 Å². The molecule has 2 nitrogen and oxygen atoms in total. The quantitative estimate of drug-likeness (QED) is 0.501. The summed E-state index contributed by atoms with van der Waals surface area (Å²) in [7, 11) is -3.02. The fourth-order valence-electron chi connectivity index (χ4n) is 0.705. The molecule has 1 aromatic rings. The van der Waals surface area contributed by atoms with Gasteiger partial charge in [-0.3, -0.25) is 4.57 Å². The van der Waals surface area contributed by atoms with E-state index >= 15 is 0 Å². The lowest BCUT2D eigenvalue weighted by atomic mass is 10.4. The maximum Gasteiger partial charge on any atom is 0.316 e. The third-order valence-corrected chi connectivity index (χ3v) is 2.49. The number of rotatable bonds is 1. The molecule has 0 aromatic heterocycles. The van der Waals surface area contributed by atoms with Crippen molar-refractivity contribution in [2.75, 3.05) is 6.66 Å². The first-order valence-electron chi connectivity index (χ1n) is 2.96. The second-order valence-electron chi connectivity index (χ2n) is 2.21. The summed E-state index contributed by atoms with van der Waals surface area (Å²) in [6, 6.07) is 8.63. The van der Waals surface area contributed by atoms with E-state index < -0.39 is 7.37 Å². The first-order valence-corrected chi connectivity index (χ1v) is 5.07. The first-order chi connectivity index (χ1) is 4.61. The Bertz CT molecular complexity index is 254.